The molecular formula is C8H15NO. The van der Waals surface area contributed by atoms with Crippen LogP contribution in [-0.2, 0) is 4.79 Å². The Kier molecular flexibility index (Phi) is 3.77. The third-order valence-corrected chi connectivity index (χ3v) is 1.19. The molecule has 10 heavy (non-hydrogen) atoms. The van der Waals surface area contributed by atoms with Gasteiger partial charge < -0.3 is 4.90 Å². The fraction of sp³-hybridized carbons (Fsp3) is 0.625. The van der Waals surface area contributed by atoms with Gasteiger partial charge in [0.05, 0.1) is 0 Å². The summed E-state index contributed by atoms with van der Waals surface area (Å²) in [5.41, 5.74) is 0. The van der Waals surface area contributed by atoms with E-state index in [0.29, 0.717) is 5.92 Å². The van der Waals surface area contributed by atoms with Crippen LogP contribution in [0.1, 0.15) is 20.8 Å². The summed E-state index contributed by atoms with van der Waals surface area (Å²) in [6, 6.07) is 0. The van der Waals surface area contributed by atoms with Crippen molar-refractivity contribution in [3.63, 3.8) is 0 Å². The molecule has 1 amide bonds. The van der Waals surface area contributed by atoms with Crippen LogP contribution < -0.4 is 0 Å². The predicted molar refractivity (Wildman–Crippen MR) is 42.4 cm³/mol. The number of rotatable bonds is 3. The van der Waals surface area contributed by atoms with E-state index in [4.69, 9.17) is 0 Å². The second-order valence-corrected chi connectivity index (χ2v) is 2.75. The number of hydrogen-bond donors (Lipinski definition) is 0. The van der Waals surface area contributed by atoms with E-state index in [1.54, 1.807) is 18.0 Å². The third-order valence-electron chi connectivity index (χ3n) is 1.19. The Morgan fingerprint density at radius 1 is 1.70 bits per heavy atom. The first-order chi connectivity index (χ1) is 4.57. The maximum absolute atomic E-state index is 10.8. The lowest BCUT2D eigenvalue weighted by Crippen LogP contribution is -2.26. The Morgan fingerprint density at radius 3 is 2.30 bits per heavy atom. The van der Waals surface area contributed by atoms with Gasteiger partial charge >= 0.3 is 0 Å². The van der Waals surface area contributed by atoms with Gasteiger partial charge in [0, 0.05) is 13.5 Å². The zero-order valence-electron chi connectivity index (χ0n) is 6.92. The summed E-state index contributed by atoms with van der Waals surface area (Å²) >= 11 is 0. The van der Waals surface area contributed by atoms with Crippen molar-refractivity contribution in [2.24, 2.45) is 5.92 Å². The molecule has 0 rings (SSSR count). The van der Waals surface area contributed by atoms with E-state index in [2.05, 4.69) is 20.4 Å². The van der Waals surface area contributed by atoms with Gasteiger partial charge in [-0.1, -0.05) is 20.4 Å². The molecule has 2 nitrogen and oxygen atoms in total. The summed E-state index contributed by atoms with van der Waals surface area (Å²) in [6.45, 7) is 9.99. The Balaban J connectivity index is 3.83. The molecule has 0 aliphatic heterocycles. The van der Waals surface area contributed by atoms with E-state index >= 15 is 0 Å². The van der Waals surface area contributed by atoms with Crippen molar-refractivity contribution in [3.8, 4) is 0 Å². The molecule has 0 radical (unpaired) electrons. The van der Waals surface area contributed by atoms with Crippen LogP contribution in [0.3, 0.4) is 0 Å². The molecule has 0 fully saturated rings. The SMILES string of the molecule is C=CN(CC(C)C)C(C)=O. The normalized spacial score (nSPS) is 9.60. The topological polar surface area (TPSA) is 20.3 Å². The van der Waals surface area contributed by atoms with Crippen LogP contribution in [0.2, 0.25) is 0 Å². The summed E-state index contributed by atoms with van der Waals surface area (Å²) < 4.78 is 0. The summed E-state index contributed by atoms with van der Waals surface area (Å²) in [5.74, 6) is 0.561. The van der Waals surface area contributed by atoms with Gasteiger partial charge in [0.15, 0.2) is 0 Å². The van der Waals surface area contributed by atoms with Gasteiger partial charge in [0.1, 0.15) is 0 Å². The smallest absolute Gasteiger partial charge is 0.223 e. The van der Waals surface area contributed by atoms with Gasteiger partial charge in [0.25, 0.3) is 0 Å². The van der Waals surface area contributed by atoms with Crippen LogP contribution >= 0.6 is 0 Å². The number of nitrogens with zero attached hydrogens (tertiary/aromatic N) is 1. The van der Waals surface area contributed by atoms with Crippen molar-refractivity contribution >= 4 is 5.91 Å². The van der Waals surface area contributed by atoms with Crippen LogP contribution in [0.5, 0.6) is 0 Å². The number of amides is 1. The van der Waals surface area contributed by atoms with Crippen LogP contribution in [0.25, 0.3) is 0 Å². The standard InChI is InChI=1S/C8H15NO/c1-5-9(8(4)10)6-7(2)3/h5,7H,1,6H2,2-4H3. The highest BCUT2D eigenvalue weighted by atomic mass is 16.2. The fourth-order valence-corrected chi connectivity index (χ4v) is 0.725. The van der Waals surface area contributed by atoms with E-state index in [1.165, 1.54) is 0 Å². The molecule has 0 saturated carbocycles. The Labute approximate surface area is 62.5 Å². The lowest BCUT2D eigenvalue weighted by molar-refractivity contribution is -0.126. The first-order valence-corrected chi connectivity index (χ1v) is 3.47. The molecule has 0 aromatic heterocycles. The summed E-state index contributed by atoms with van der Waals surface area (Å²) in [6.07, 6.45) is 1.57. The van der Waals surface area contributed by atoms with Crippen molar-refractivity contribution < 1.29 is 4.79 Å². The van der Waals surface area contributed by atoms with Gasteiger partial charge in [-0.25, -0.2) is 0 Å². The van der Waals surface area contributed by atoms with E-state index in [9.17, 15) is 4.79 Å². The van der Waals surface area contributed by atoms with Gasteiger partial charge in [-0.15, -0.1) is 0 Å². The second-order valence-electron chi connectivity index (χ2n) is 2.75. The van der Waals surface area contributed by atoms with E-state index in [0.717, 1.165) is 6.54 Å². The maximum Gasteiger partial charge on any atom is 0.223 e. The minimum absolute atomic E-state index is 0.0590. The molecule has 0 bridgehead atoms. The lowest BCUT2D eigenvalue weighted by Gasteiger charge is -2.17. The molecular weight excluding hydrogens is 126 g/mol. The molecule has 0 aliphatic carbocycles. The van der Waals surface area contributed by atoms with Crippen LogP contribution in [0.4, 0.5) is 0 Å². The van der Waals surface area contributed by atoms with E-state index in [1.807, 2.05) is 0 Å². The Morgan fingerprint density at radius 2 is 2.20 bits per heavy atom. The van der Waals surface area contributed by atoms with Crippen molar-refractivity contribution in [2.75, 3.05) is 6.54 Å². The largest absolute Gasteiger partial charge is 0.320 e. The molecule has 0 heterocycles. The highest BCUT2D eigenvalue weighted by molar-refractivity contribution is 5.74. The molecule has 0 spiro atoms. The molecule has 0 saturated heterocycles. The third kappa shape index (κ3) is 3.28. The van der Waals surface area contributed by atoms with Crippen LogP contribution in [0.15, 0.2) is 12.8 Å². The zero-order chi connectivity index (χ0) is 8.15. The molecule has 58 valence electrons. The average Bonchev–Trinajstić information content (AvgIpc) is 1.81. The minimum Gasteiger partial charge on any atom is -0.320 e. The van der Waals surface area contributed by atoms with Crippen molar-refractivity contribution in [2.45, 2.75) is 20.8 Å². The average molecular weight is 141 g/mol. The minimum atomic E-state index is 0.0590. The number of hydrogen-bond acceptors (Lipinski definition) is 1. The first kappa shape index (κ1) is 9.21. The monoisotopic (exact) mass is 141 g/mol. The highest BCUT2D eigenvalue weighted by Crippen LogP contribution is 1.98. The van der Waals surface area contributed by atoms with Crippen LogP contribution in [-0.4, -0.2) is 17.4 Å². The summed E-state index contributed by atoms with van der Waals surface area (Å²) in [5, 5.41) is 0. The van der Waals surface area contributed by atoms with Crippen molar-refractivity contribution in [1.29, 1.82) is 0 Å². The molecule has 0 aliphatic rings. The lowest BCUT2D eigenvalue weighted by atomic mass is 10.2. The van der Waals surface area contributed by atoms with Crippen molar-refractivity contribution in [3.05, 3.63) is 12.8 Å². The maximum atomic E-state index is 10.8. The van der Waals surface area contributed by atoms with E-state index in [-0.39, 0.29) is 5.91 Å². The first-order valence-electron chi connectivity index (χ1n) is 3.47. The highest BCUT2D eigenvalue weighted by Gasteiger charge is 2.04. The Bertz CT molecular complexity index is 129. The number of carbonyl (C=O) groups is 1. The summed E-state index contributed by atoms with van der Waals surface area (Å²) in [4.78, 5) is 12.4. The van der Waals surface area contributed by atoms with Gasteiger partial charge in [-0.05, 0) is 12.1 Å². The van der Waals surface area contributed by atoms with Gasteiger partial charge in [0.2, 0.25) is 5.91 Å². The quantitative estimate of drug-likeness (QED) is 0.585. The van der Waals surface area contributed by atoms with Crippen molar-refractivity contribution in [1.82, 2.24) is 4.90 Å². The van der Waals surface area contributed by atoms with Gasteiger partial charge in [-0.3, -0.25) is 4.79 Å². The number of carbonyl (C=O) groups excluding carboxylic acids is 1. The second kappa shape index (κ2) is 4.09. The summed E-state index contributed by atoms with van der Waals surface area (Å²) in [7, 11) is 0. The molecule has 0 unspecified atom stereocenters. The Hall–Kier alpha value is -0.790. The molecule has 2 heteroatoms. The predicted octanol–water partition coefficient (Wildman–Crippen LogP) is 1.63. The molecule has 0 aromatic rings. The molecule has 0 aromatic carbocycles. The molecule has 0 atom stereocenters. The molecule has 0 N–H and O–H groups in total. The van der Waals surface area contributed by atoms with Gasteiger partial charge in [-0.2, -0.15) is 0 Å². The van der Waals surface area contributed by atoms with Crippen LogP contribution in [0, 0.1) is 5.92 Å². The zero-order valence-corrected chi connectivity index (χ0v) is 6.92. The van der Waals surface area contributed by atoms with E-state index < -0.39 is 0 Å². The fourth-order valence-electron chi connectivity index (χ4n) is 0.725.